The maximum absolute atomic E-state index is 8.74. The number of hydrazone groups is 1. The summed E-state index contributed by atoms with van der Waals surface area (Å²) in [6.45, 7) is 0.0465. The largest absolute Gasteiger partial charge is 0.392 e. The molecule has 0 aliphatic heterocycles. The van der Waals surface area contributed by atoms with Crippen LogP contribution in [0.2, 0.25) is 0 Å². The Labute approximate surface area is 62.8 Å². The van der Waals surface area contributed by atoms with E-state index in [4.69, 9.17) is 10.9 Å². The van der Waals surface area contributed by atoms with Gasteiger partial charge in [-0.3, -0.25) is 0 Å². The predicted molar refractivity (Wildman–Crippen MR) is 42.0 cm³/mol. The van der Waals surface area contributed by atoms with Crippen molar-refractivity contribution in [2.75, 3.05) is 0 Å². The van der Waals surface area contributed by atoms with Gasteiger partial charge in [0.05, 0.1) is 17.7 Å². The maximum Gasteiger partial charge on any atom is 0.0696 e. The van der Waals surface area contributed by atoms with Crippen LogP contribution >= 0.6 is 11.3 Å². The summed E-state index contributed by atoms with van der Waals surface area (Å²) in [7, 11) is 0. The van der Waals surface area contributed by atoms with Gasteiger partial charge < -0.3 is 10.9 Å². The molecule has 1 heterocycles. The molecule has 0 unspecified atom stereocenters. The van der Waals surface area contributed by atoms with Crippen LogP contribution in [0, 0.1) is 0 Å². The minimum absolute atomic E-state index is 0.0465. The van der Waals surface area contributed by atoms with Crippen LogP contribution in [0.3, 0.4) is 0 Å². The normalized spacial score (nSPS) is 10.9. The van der Waals surface area contributed by atoms with Gasteiger partial charge in [0.15, 0.2) is 0 Å². The zero-order chi connectivity index (χ0) is 7.40. The van der Waals surface area contributed by atoms with Gasteiger partial charge in [0, 0.05) is 0 Å². The number of aliphatic hydroxyl groups is 1. The van der Waals surface area contributed by atoms with Crippen molar-refractivity contribution in [3.63, 3.8) is 0 Å². The highest BCUT2D eigenvalue weighted by molar-refractivity contribution is 7.11. The van der Waals surface area contributed by atoms with E-state index < -0.39 is 0 Å². The second kappa shape index (κ2) is 3.34. The van der Waals surface area contributed by atoms with Gasteiger partial charge in [0.1, 0.15) is 0 Å². The summed E-state index contributed by atoms with van der Waals surface area (Å²) < 4.78 is 0. The Morgan fingerprint density at radius 2 is 2.60 bits per heavy atom. The average molecular weight is 156 g/mol. The Hall–Kier alpha value is -0.870. The fourth-order valence-electron chi connectivity index (χ4n) is 0.659. The quantitative estimate of drug-likeness (QED) is 0.373. The molecule has 4 heteroatoms. The van der Waals surface area contributed by atoms with Gasteiger partial charge in [0.2, 0.25) is 0 Å². The van der Waals surface area contributed by atoms with Crippen LogP contribution in [-0.2, 0) is 6.61 Å². The first-order valence-corrected chi connectivity index (χ1v) is 3.67. The number of aliphatic hydroxyl groups excluding tert-OH is 1. The van der Waals surface area contributed by atoms with Crippen LogP contribution in [0.25, 0.3) is 0 Å². The molecule has 1 rings (SSSR count). The third-order valence-electron chi connectivity index (χ3n) is 1.14. The standard InChI is InChI=1S/C6H8N2OS/c7-8-3-6-5(4-9)1-2-10-6/h1-3,9H,4,7H2. The summed E-state index contributed by atoms with van der Waals surface area (Å²) in [5.74, 6) is 4.94. The van der Waals surface area contributed by atoms with E-state index in [2.05, 4.69) is 5.10 Å². The van der Waals surface area contributed by atoms with Crippen molar-refractivity contribution < 1.29 is 5.11 Å². The Morgan fingerprint density at radius 3 is 3.20 bits per heavy atom. The number of thiophene rings is 1. The molecule has 54 valence electrons. The van der Waals surface area contributed by atoms with Crippen molar-refractivity contribution in [1.82, 2.24) is 0 Å². The van der Waals surface area contributed by atoms with E-state index in [0.717, 1.165) is 10.4 Å². The molecule has 1 aromatic heterocycles. The second-order valence-corrected chi connectivity index (χ2v) is 2.69. The van der Waals surface area contributed by atoms with Crippen molar-refractivity contribution >= 4 is 17.6 Å². The number of nitrogens with zero attached hydrogens (tertiary/aromatic N) is 1. The predicted octanol–water partition coefficient (Wildman–Crippen LogP) is 0.533. The van der Waals surface area contributed by atoms with Gasteiger partial charge in [-0.1, -0.05) is 0 Å². The SMILES string of the molecule is NN=Cc1sccc1CO. The minimum Gasteiger partial charge on any atom is -0.392 e. The van der Waals surface area contributed by atoms with Gasteiger partial charge in [0.25, 0.3) is 0 Å². The van der Waals surface area contributed by atoms with Gasteiger partial charge in [-0.15, -0.1) is 11.3 Å². The molecular formula is C6H8N2OS. The molecule has 0 saturated heterocycles. The number of hydrogen-bond acceptors (Lipinski definition) is 4. The fourth-order valence-corrected chi connectivity index (χ4v) is 1.44. The highest BCUT2D eigenvalue weighted by Gasteiger charge is 1.97. The lowest BCUT2D eigenvalue weighted by Crippen LogP contribution is -1.88. The van der Waals surface area contributed by atoms with Crippen molar-refractivity contribution in [3.8, 4) is 0 Å². The lowest BCUT2D eigenvalue weighted by Gasteiger charge is -1.89. The Balaban J connectivity index is 2.90. The monoisotopic (exact) mass is 156 g/mol. The van der Waals surface area contributed by atoms with E-state index in [1.807, 2.05) is 11.4 Å². The van der Waals surface area contributed by atoms with E-state index in [0.29, 0.717) is 0 Å². The van der Waals surface area contributed by atoms with Crippen LogP contribution in [0.5, 0.6) is 0 Å². The van der Waals surface area contributed by atoms with Gasteiger partial charge >= 0.3 is 0 Å². The number of rotatable bonds is 2. The third kappa shape index (κ3) is 1.34. The molecule has 0 aromatic carbocycles. The summed E-state index contributed by atoms with van der Waals surface area (Å²) >= 11 is 1.51. The molecule has 0 aliphatic rings. The minimum atomic E-state index is 0.0465. The van der Waals surface area contributed by atoms with E-state index >= 15 is 0 Å². The maximum atomic E-state index is 8.74. The van der Waals surface area contributed by atoms with Crippen LogP contribution in [0.1, 0.15) is 10.4 Å². The summed E-state index contributed by atoms with van der Waals surface area (Å²) in [5, 5.41) is 14.0. The van der Waals surface area contributed by atoms with Crippen molar-refractivity contribution in [2.45, 2.75) is 6.61 Å². The first-order chi connectivity index (χ1) is 4.88. The second-order valence-electron chi connectivity index (χ2n) is 1.75. The highest BCUT2D eigenvalue weighted by atomic mass is 32.1. The molecule has 10 heavy (non-hydrogen) atoms. The molecule has 3 N–H and O–H groups in total. The van der Waals surface area contributed by atoms with Crippen LogP contribution in [-0.4, -0.2) is 11.3 Å². The summed E-state index contributed by atoms with van der Waals surface area (Å²) in [5.41, 5.74) is 0.874. The molecule has 0 aliphatic carbocycles. The van der Waals surface area contributed by atoms with Crippen molar-refractivity contribution in [3.05, 3.63) is 21.9 Å². The van der Waals surface area contributed by atoms with Gasteiger partial charge in [-0.2, -0.15) is 5.10 Å². The van der Waals surface area contributed by atoms with Gasteiger partial charge in [-0.25, -0.2) is 0 Å². The van der Waals surface area contributed by atoms with Gasteiger partial charge in [-0.05, 0) is 17.0 Å². The molecule has 0 amide bonds. The first kappa shape index (κ1) is 7.24. The zero-order valence-corrected chi connectivity index (χ0v) is 6.14. The van der Waals surface area contributed by atoms with E-state index in [-0.39, 0.29) is 6.61 Å². The van der Waals surface area contributed by atoms with E-state index in [1.54, 1.807) is 0 Å². The molecule has 1 aromatic rings. The Kier molecular flexibility index (Phi) is 2.42. The molecule has 0 radical (unpaired) electrons. The smallest absolute Gasteiger partial charge is 0.0696 e. The molecule has 0 bridgehead atoms. The number of hydrogen-bond donors (Lipinski definition) is 2. The number of nitrogens with two attached hydrogens (primary N) is 1. The highest BCUT2D eigenvalue weighted by Crippen LogP contribution is 2.13. The van der Waals surface area contributed by atoms with Crippen LogP contribution in [0.4, 0.5) is 0 Å². The topological polar surface area (TPSA) is 58.6 Å². The summed E-state index contributed by atoms with van der Waals surface area (Å²) in [6.07, 6.45) is 1.54. The summed E-state index contributed by atoms with van der Waals surface area (Å²) in [6, 6.07) is 1.85. The van der Waals surface area contributed by atoms with Crippen LogP contribution < -0.4 is 5.84 Å². The third-order valence-corrected chi connectivity index (χ3v) is 2.04. The molecule has 0 atom stereocenters. The zero-order valence-electron chi connectivity index (χ0n) is 5.32. The molecule has 3 nitrogen and oxygen atoms in total. The fraction of sp³-hybridized carbons (Fsp3) is 0.167. The lowest BCUT2D eigenvalue weighted by atomic mass is 10.3. The average Bonchev–Trinajstić information content (AvgIpc) is 2.36. The molecule has 0 saturated carbocycles. The summed E-state index contributed by atoms with van der Waals surface area (Å²) in [4.78, 5) is 0.921. The molecule has 0 spiro atoms. The first-order valence-electron chi connectivity index (χ1n) is 2.79. The lowest BCUT2D eigenvalue weighted by molar-refractivity contribution is 0.282. The van der Waals surface area contributed by atoms with E-state index in [9.17, 15) is 0 Å². The Bertz CT molecular complexity index is 231. The Morgan fingerprint density at radius 1 is 1.80 bits per heavy atom. The molecule has 0 fully saturated rings. The van der Waals surface area contributed by atoms with Crippen molar-refractivity contribution in [1.29, 1.82) is 0 Å². The molecular weight excluding hydrogens is 148 g/mol. The van der Waals surface area contributed by atoms with Crippen molar-refractivity contribution in [2.24, 2.45) is 10.9 Å². The van der Waals surface area contributed by atoms with Crippen LogP contribution in [0.15, 0.2) is 16.5 Å². The van der Waals surface area contributed by atoms with E-state index in [1.165, 1.54) is 17.6 Å².